The van der Waals surface area contributed by atoms with E-state index in [2.05, 4.69) is 4.74 Å². The summed E-state index contributed by atoms with van der Waals surface area (Å²) in [6.45, 7) is 0.313. The lowest BCUT2D eigenvalue weighted by atomic mass is 10.0. The highest BCUT2D eigenvalue weighted by Gasteiger charge is 2.27. The maximum Gasteiger partial charge on any atom is 0.314 e. The summed E-state index contributed by atoms with van der Waals surface area (Å²) in [5.74, 6) is -0.382. The van der Waals surface area contributed by atoms with E-state index in [1.165, 1.54) is 7.11 Å². The van der Waals surface area contributed by atoms with Gasteiger partial charge in [0.1, 0.15) is 11.9 Å². The summed E-state index contributed by atoms with van der Waals surface area (Å²) < 4.78 is 28.7. The van der Waals surface area contributed by atoms with Gasteiger partial charge in [-0.15, -0.1) is 0 Å². The van der Waals surface area contributed by atoms with Crippen molar-refractivity contribution in [3.05, 3.63) is 29.8 Å². The van der Waals surface area contributed by atoms with E-state index in [1.807, 2.05) is 12.1 Å². The number of esters is 2. The number of hydrogen-bond acceptors (Lipinski definition) is 5. The lowest BCUT2D eigenvalue weighted by Gasteiger charge is -2.24. The Balaban J connectivity index is 1.78. The highest BCUT2D eigenvalue weighted by Crippen LogP contribution is 2.34. The SMILES string of the molecule is COC(=O)CC(F)CCCOC1CC(=O)Oc2ccccc21. The Labute approximate surface area is 128 Å². The minimum atomic E-state index is -1.24. The van der Waals surface area contributed by atoms with Gasteiger partial charge in [-0.3, -0.25) is 9.59 Å². The maximum absolute atomic E-state index is 13.5. The van der Waals surface area contributed by atoms with Gasteiger partial charge in [-0.25, -0.2) is 4.39 Å². The molecule has 0 fully saturated rings. The van der Waals surface area contributed by atoms with Crippen LogP contribution in [0, 0.1) is 0 Å². The van der Waals surface area contributed by atoms with E-state index in [-0.39, 0.29) is 31.3 Å². The van der Waals surface area contributed by atoms with E-state index in [4.69, 9.17) is 9.47 Å². The number of halogens is 1. The van der Waals surface area contributed by atoms with Crippen LogP contribution in [0.1, 0.15) is 37.4 Å². The number of hydrogen-bond donors (Lipinski definition) is 0. The fourth-order valence-electron chi connectivity index (χ4n) is 2.31. The van der Waals surface area contributed by atoms with Gasteiger partial charge < -0.3 is 14.2 Å². The summed E-state index contributed by atoms with van der Waals surface area (Å²) in [5, 5.41) is 0. The molecule has 2 rings (SSSR count). The molecule has 2 atom stereocenters. The molecule has 1 aliphatic rings. The fourth-order valence-corrected chi connectivity index (χ4v) is 2.31. The third kappa shape index (κ3) is 4.53. The van der Waals surface area contributed by atoms with E-state index in [0.29, 0.717) is 18.8 Å². The van der Waals surface area contributed by atoms with Crippen molar-refractivity contribution < 1.29 is 28.2 Å². The fraction of sp³-hybridized carbons (Fsp3) is 0.500. The van der Waals surface area contributed by atoms with E-state index in [1.54, 1.807) is 12.1 Å². The van der Waals surface area contributed by atoms with E-state index in [0.717, 1.165) is 5.56 Å². The molecule has 0 aliphatic carbocycles. The third-order valence-electron chi connectivity index (χ3n) is 3.44. The molecular formula is C16H19FO5. The monoisotopic (exact) mass is 310 g/mol. The molecule has 0 radical (unpaired) electrons. The predicted molar refractivity (Wildman–Crippen MR) is 76.2 cm³/mol. The van der Waals surface area contributed by atoms with Crippen molar-refractivity contribution in [2.75, 3.05) is 13.7 Å². The Morgan fingerprint density at radius 3 is 3.00 bits per heavy atom. The average Bonchev–Trinajstić information content (AvgIpc) is 2.51. The van der Waals surface area contributed by atoms with Gasteiger partial charge in [0.25, 0.3) is 0 Å². The zero-order valence-corrected chi connectivity index (χ0v) is 12.4. The molecule has 120 valence electrons. The average molecular weight is 310 g/mol. The van der Waals surface area contributed by atoms with Crippen LogP contribution >= 0.6 is 0 Å². The van der Waals surface area contributed by atoms with E-state index < -0.39 is 12.1 Å². The molecule has 0 amide bonds. The van der Waals surface area contributed by atoms with Crippen molar-refractivity contribution in [1.82, 2.24) is 0 Å². The standard InChI is InChI=1S/C16H19FO5/c1-20-15(18)9-11(17)5-4-8-21-14-10-16(19)22-13-7-3-2-6-12(13)14/h2-3,6-7,11,14H,4-5,8-10H2,1H3. The number of methoxy groups -OCH3 is 1. The van der Waals surface area contributed by atoms with Crippen LogP contribution in [-0.2, 0) is 19.1 Å². The Bertz CT molecular complexity index is 531. The molecule has 1 aromatic carbocycles. The minimum absolute atomic E-state index is 0.151. The van der Waals surface area contributed by atoms with Crippen LogP contribution in [-0.4, -0.2) is 31.8 Å². The van der Waals surface area contributed by atoms with Crippen molar-refractivity contribution in [2.45, 2.75) is 38.0 Å². The third-order valence-corrected chi connectivity index (χ3v) is 3.44. The minimum Gasteiger partial charge on any atom is -0.469 e. The van der Waals surface area contributed by atoms with Gasteiger partial charge in [0, 0.05) is 12.2 Å². The van der Waals surface area contributed by atoms with Crippen LogP contribution in [0.4, 0.5) is 4.39 Å². The molecule has 0 spiro atoms. The first kappa shape index (κ1) is 16.4. The molecule has 1 heterocycles. The Hall–Kier alpha value is -1.95. The second-order valence-electron chi connectivity index (χ2n) is 5.10. The second kappa shape index (κ2) is 7.89. The summed E-state index contributed by atoms with van der Waals surface area (Å²) >= 11 is 0. The van der Waals surface area contributed by atoms with Gasteiger partial charge in [0.05, 0.1) is 26.1 Å². The molecule has 0 saturated heterocycles. The van der Waals surface area contributed by atoms with Crippen LogP contribution in [0.3, 0.4) is 0 Å². The zero-order chi connectivity index (χ0) is 15.9. The van der Waals surface area contributed by atoms with Crippen LogP contribution in [0.5, 0.6) is 5.75 Å². The van der Waals surface area contributed by atoms with Crippen molar-refractivity contribution in [3.63, 3.8) is 0 Å². The number of rotatable bonds is 7. The Morgan fingerprint density at radius 2 is 2.23 bits per heavy atom. The van der Waals surface area contributed by atoms with Crippen molar-refractivity contribution in [2.24, 2.45) is 0 Å². The zero-order valence-electron chi connectivity index (χ0n) is 12.4. The summed E-state index contributed by atoms with van der Waals surface area (Å²) in [7, 11) is 1.23. The van der Waals surface area contributed by atoms with Crippen LogP contribution in [0.2, 0.25) is 0 Å². The van der Waals surface area contributed by atoms with Crippen LogP contribution in [0.15, 0.2) is 24.3 Å². The number of carbonyl (C=O) groups is 2. The highest BCUT2D eigenvalue weighted by atomic mass is 19.1. The molecule has 0 N–H and O–H groups in total. The molecule has 22 heavy (non-hydrogen) atoms. The van der Waals surface area contributed by atoms with Gasteiger partial charge in [0.15, 0.2) is 0 Å². The quantitative estimate of drug-likeness (QED) is 0.440. The molecule has 5 nitrogen and oxygen atoms in total. The lowest BCUT2D eigenvalue weighted by molar-refractivity contribution is -0.142. The molecule has 1 aromatic rings. The van der Waals surface area contributed by atoms with Gasteiger partial charge in [-0.05, 0) is 18.9 Å². The van der Waals surface area contributed by atoms with Gasteiger partial charge >= 0.3 is 11.9 Å². The summed E-state index contributed by atoms with van der Waals surface area (Å²) in [6.07, 6.45) is -1.01. The molecule has 0 saturated carbocycles. The number of fused-ring (bicyclic) bond motifs is 1. The first-order chi connectivity index (χ1) is 10.6. The molecular weight excluding hydrogens is 291 g/mol. The summed E-state index contributed by atoms with van der Waals surface area (Å²) in [5.41, 5.74) is 0.827. The maximum atomic E-state index is 13.5. The molecule has 2 unspecified atom stereocenters. The van der Waals surface area contributed by atoms with Crippen LogP contribution < -0.4 is 4.74 Å². The Morgan fingerprint density at radius 1 is 1.45 bits per heavy atom. The molecule has 0 aromatic heterocycles. The normalized spacial score (nSPS) is 18.3. The number of carbonyl (C=O) groups excluding carboxylic acids is 2. The van der Waals surface area contributed by atoms with Gasteiger partial charge in [-0.2, -0.15) is 0 Å². The lowest BCUT2D eigenvalue weighted by Crippen LogP contribution is -2.22. The molecule has 1 aliphatic heterocycles. The largest absolute Gasteiger partial charge is 0.469 e. The smallest absolute Gasteiger partial charge is 0.314 e. The van der Waals surface area contributed by atoms with Gasteiger partial charge in [0.2, 0.25) is 0 Å². The number of para-hydroxylation sites is 1. The van der Waals surface area contributed by atoms with Crippen molar-refractivity contribution in [3.8, 4) is 5.75 Å². The highest BCUT2D eigenvalue weighted by molar-refractivity contribution is 5.76. The number of benzene rings is 1. The Kier molecular flexibility index (Phi) is 5.89. The number of alkyl halides is 1. The summed E-state index contributed by atoms with van der Waals surface area (Å²) in [6, 6.07) is 7.20. The van der Waals surface area contributed by atoms with Crippen molar-refractivity contribution in [1.29, 1.82) is 0 Å². The first-order valence-corrected chi connectivity index (χ1v) is 7.22. The van der Waals surface area contributed by atoms with Gasteiger partial charge in [-0.1, -0.05) is 18.2 Å². The molecule has 6 heteroatoms. The van der Waals surface area contributed by atoms with Crippen molar-refractivity contribution >= 4 is 11.9 Å². The van der Waals surface area contributed by atoms with E-state index in [9.17, 15) is 14.0 Å². The molecule has 0 bridgehead atoms. The topological polar surface area (TPSA) is 61.8 Å². The first-order valence-electron chi connectivity index (χ1n) is 7.22. The van der Waals surface area contributed by atoms with E-state index >= 15 is 0 Å². The number of ether oxygens (including phenoxy) is 3. The van der Waals surface area contributed by atoms with Crippen LogP contribution in [0.25, 0.3) is 0 Å². The predicted octanol–water partition coefficient (Wildman–Crippen LogP) is 2.73. The second-order valence-corrected chi connectivity index (χ2v) is 5.10. The summed E-state index contributed by atoms with van der Waals surface area (Å²) in [4.78, 5) is 22.4.